The lowest BCUT2D eigenvalue weighted by Gasteiger charge is -2.14. The number of benzene rings is 3. The number of fused-ring (bicyclic) bond motifs is 1. The third-order valence-corrected chi connectivity index (χ3v) is 5.08. The molecule has 0 saturated carbocycles. The number of carbonyl (C=O) groups is 1. The zero-order valence-corrected chi connectivity index (χ0v) is 16.4. The maximum atomic E-state index is 13.2. The Bertz CT molecular complexity index is 1300. The van der Waals surface area contributed by atoms with Crippen molar-refractivity contribution in [3.63, 3.8) is 0 Å². The highest BCUT2D eigenvalue weighted by molar-refractivity contribution is 6.15. The standard InChI is InChI=1S/C26H21NO2/c1-18-9-8-10-19(17-18)15-16-23(28)25-24(20-11-4-3-5-12-20)21-13-6-7-14-22(21)27(2)26(25)29/h3-17H,1-2H3/b16-15+. The van der Waals surface area contributed by atoms with Gasteiger partial charge in [0, 0.05) is 18.0 Å². The van der Waals surface area contributed by atoms with Crippen molar-refractivity contribution in [2.45, 2.75) is 6.92 Å². The van der Waals surface area contributed by atoms with Crippen molar-refractivity contribution in [3.05, 3.63) is 112 Å². The number of pyridine rings is 1. The molecule has 4 aromatic rings. The van der Waals surface area contributed by atoms with Crippen LogP contribution in [0.25, 0.3) is 28.1 Å². The Balaban J connectivity index is 1.95. The van der Waals surface area contributed by atoms with E-state index in [0.29, 0.717) is 5.56 Å². The van der Waals surface area contributed by atoms with Gasteiger partial charge >= 0.3 is 0 Å². The lowest BCUT2D eigenvalue weighted by Crippen LogP contribution is -2.25. The molecular weight excluding hydrogens is 358 g/mol. The maximum absolute atomic E-state index is 13.2. The molecule has 1 aromatic heterocycles. The molecule has 0 aliphatic heterocycles. The van der Waals surface area contributed by atoms with E-state index in [-0.39, 0.29) is 16.9 Å². The van der Waals surface area contributed by atoms with Crippen molar-refractivity contribution in [1.82, 2.24) is 4.57 Å². The van der Waals surface area contributed by atoms with Crippen LogP contribution in [0.15, 0.2) is 89.7 Å². The van der Waals surface area contributed by atoms with Crippen LogP contribution in [0.3, 0.4) is 0 Å². The number of rotatable bonds is 4. The highest BCUT2D eigenvalue weighted by Gasteiger charge is 2.20. The van der Waals surface area contributed by atoms with E-state index in [4.69, 9.17) is 0 Å². The molecule has 0 aliphatic carbocycles. The normalized spacial score (nSPS) is 11.2. The molecule has 0 fully saturated rings. The fraction of sp³-hybridized carbons (Fsp3) is 0.0769. The van der Waals surface area contributed by atoms with Gasteiger partial charge in [-0.1, -0.05) is 84.4 Å². The number of para-hydroxylation sites is 1. The van der Waals surface area contributed by atoms with Gasteiger partial charge in [0.2, 0.25) is 0 Å². The summed E-state index contributed by atoms with van der Waals surface area (Å²) in [6.45, 7) is 2.01. The number of aryl methyl sites for hydroxylation is 2. The van der Waals surface area contributed by atoms with E-state index >= 15 is 0 Å². The maximum Gasteiger partial charge on any atom is 0.262 e. The van der Waals surface area contributed by atoms with E-state index in [1.165, 1.54) is 6.08 Å². The zero-order valence-electron chi connectivity index (χ0n) is 16.4. The minimum atomic E-state index is -0.295. The predicted octanol–water partition coefficient (Wildman–Crippen LogP) is 5.41. The van der Waals surface area contributed by atoms with Crippen molar-refractivity contribution in [3.8, 4) is 11.1 Å². The largest absolute Gasteiger partial charge is 0.311 e. The van der Waals surface area contributed by atoms with Gasteiger partial charge in [0.25, 0.3) is 5.56 Å². The second kappa shape index (κ2) is 7.72. The first-order valence-electron chi connectivity index (χ1n) is 9.52. The third-order valence-electron chi connectivity index (χ3n) is 5.08. The van der Waals surface area contributed by atoms with Gasteiger partial charge in [-0.05, 0) is 30.2 Å². The average Bonchev–Trinajstić information content (AvgIpc) is 2.75. The van der Waals surface area contributed by atoms with Gasteiger partial charge in [-0.3, -0.25) is 9.59 Å². The van der Waals surface area contributed by atoms with Crippen molar-refractivity contribution in [1.29, 1.82) is 0 Å². The quantitative estimate of drug-likeness (QED) is 0.351. The minimum absolute atomic E-state index is 0.196. The van der Waals surface area contributed by atoms with Crippen LogP contribution in [-0.2, 0) is 7.05 Å². The van der Waals surface area contributed by atoms with Gasteiger partial charge in [-0.25, -0.2) is 0 Å². The first-order chi connectivity index (χ1) is 14.1. The number of carbonyl (C=O) groups excluding carboxylic acids is 1. The lowest BCUT2D eigenvalue weighted by atomic mass is 9.93. The number of ketones is 1. The summed E-state index contributed by atoms with van der Waals surface area (Å²) in [5, 5.41) is 0.883. The summed E-state index contributed by atoms with van der Waals surface area (Å²) < 4.78 is 1.55. The van der Waals surface area contributed by atoms with Crippen LogP contribution >= 0.6 is 0 Å². The van der Waals surface area contributed by atoms with Crippen LogP contribution < -0.4 is 5.56 Å². The van der Waals surface area contributed by atoms with Crippen molar-refractivity contribution in [2.24, 2.45) is 7.05 Å². The van der Waals surface area contributed by atoms with E-state index in [0.717, 1.165) is 27.6 Å². The Morgan fingerprint density at radius 3 is 2.38 bits per heavy atom. The number of nitrogens with zero attached hydrogens (tertiary/aromatic N) is 1. The molecule has 0 spiro atoms. The number of hydrogen-bond donors (Lipinski definition) is 0. The Morgan fingerprint density at radius 1 is 0.897 bits per heavy atom. The van der Waals surface area contributed by atoms with Crippen LogP contribution in [0.1, 0.15) is 21.5 Å². The molecule has 4 rings (SSSR count). The van der Waals surface area contributed by atoms with E-state index in [1.807, 2.05) is 85.8 Å². The monoisotopic (exact) mass is 379 g/mol. The van der Waals surface area contributed by atoms with Gasteiger partial charge < -0.3 is 4.57 Å². The smallest absolute Gasteiger partial charge is 0.262 e. The zero-order chi connectivity index (χ0) is 20.4. The molecule has 3 aromatic carbocycles. The molecule has 142 valence electrons. The third kappa shape index (κ3) is 3.55. The molecule has 29 heavy (non-hydrogen) atoms. The van der Waals surface area contributed by atoms with Gasteiger partial charge in [0.1, 0.15) is 0 Å². The van der Waals surface area contributed by atoms with Gasteiger partial charge in [0.15, 0.2) is 5.78 Å². The summed E-state index contributed by atoms with van der Waals surface area (Å²) in [4.78, 5) is 26.4. The Morgan fingerprint density at radius 2 is 1.62 bits per heavy atom. The molecule has 0 saturated heterocycles. The fourth-order valence-corrected chi connectivity index (χ4v) is 3.66. The van der Waals surface area contributed by atoms with Crippen LogP contribution in [0.4, 0.5) is 0 Å². The number of aromatic nitrogens is 1. The van der Waals surface area contributed by atoms with Gasteiger partial charge in [0.05, 0.1) is 11.1 Å². The first kappa shape index (κ1) is 18.6. The van der Waals surface area contributed by atoms with Crippen molar-refractivity contribution >= 4 is 22.8 Å². The highest BCUT2D eigenvalue weighted by atomic mass is 16.1. The second-order valence-electron chi connectivity index (χ2n) is 7.11. The average molecular weight is 379 g/mol. The number of hydrogen-bond acceptors (Lipinski definition) is 2. The van der Waals surface area contributed by atoms with Crippen LogP contribution in [0, 0.1) is 6.92 Å². The van der Waals surface area contributed by atoms with Gasteiger partial charge in [-0.15, -0.1) is 0 Å². The molecule has 0 amide bonds. The topological polar surface area (TPSA) is 39.1 Å². The van der Waals surface area contributed by atoms with Crippen molar-refractivity contribution in [2.75, 3.05) is 0 Å². The summed E-state index contributed by atoms with van der Waals surface area (Å²) in [6.07, 6.45) is 3.26. The first-order valence-corrected chi connectivity index (χ1v) is 9.52. The van der Waals surface area contributed by atoms with E-state index in [9.17, 15) is 9.59 Å². The molecule has 0 atom stereocenters. The summed E-state index contributed by atoms with van der Waals surface area (Å²) in [6, 6.07) is 25.2. The molecule has 0 N–H and O–H groups in total. The summed E-state index contributed by atoms with van der Waals surface area (Å²) in [5.74, 6) is -0.295. The predicted molar refractivity (Wildman–Crippen MR) is 119 cm³/mol. The Kier molecular flexibility index (Phi) is 4.96. The van der Waals surface area contributed by atoms with E-state index in [1.54, 1.807) is 17.7 Å². The minimum Gasteiger partial charge on any atom is -0.311 e. The SMILES string of the molecule is Cc1cccc(/C=C/C(=O)c2c(-c3ccccc3)c3ccccc3n(C)c2=O)c1. The summed E-state index contributed by atoms with van der Waals surface area (Å²) >= 11 is 0. The Hall–Kier alpha value is -3.72. The Labute approximate surface area is 169 Å². The van der Waals surface area contributed by atoms with E-state index < -0.39 is 0 Å². The fourth-order valence-electron chi connectivity index (χ4n) is 3.66. The molecule has 3 heteroatoms. The molecule has 3 nitrogen and oxygen atoms in total. The molecule has 0 radical (unpaired) electrons. The molecule has 1 heterocycles. The van der Waals surface area contributed by atoms with Crippen LogP contribution in [0.2, 0.25) is 0 Å². The van der Waals surface area contributed by atoms with Crippen LogP contribution in [-0.4, -0.2) is 10.4 Å². The second-order valence-corrected chi connectivity index (χ2v) is 7.11. The molecule has 0 unspecified atom stereocenters. The van der Waals surface area contributed by atoms with Gasteiger partial charge in [-0.2, -0.15) is 0 Å². The summed E-state index contributed by atoms with van der Waals surface area (Å²) in [5.41, 5.74) is 4.29. The number of allylic oxidation sites excluding steroid dienone is 1. The highest BCUT2D eigenvalue weighted by Crippen LogP contribution is 2.30. The van der Waals surface area contributed by atoms with Crippen LogP contribution in [0.5, 0.6) is 0 Å². The molecular formula is C26H21NO2. The van der Waals surface area contributed by atoms with Crippen molar-refractivity contribution < 1.29 is 4.79 Å². The van der Waals surface area contributed by atoms with E-state index in [2.05, 4.69) is 0 Å². The summed E-state index contributed by atoms with van der Waals surface area (Å²) in [7, 11) is 1.71. The molecule has 0 bridgehead atoms. The lowest BCUT2D eigenvalue weighted by molar-refractivity contribution is 0.104. The molecule has 0 aliphatic rings.